The molecule has 0 fully saturated rings. The number of ether oxygens (including phenoxy) is 1. The summed E-state index contributed by atoms with van der Waals surface area (Å²) < 4.78 is 6.23. The van der Waals surface area contributed by atoms with E-state index in [4.69, 9.17) is 4.74 Å². The zero-order valence-electron chi connectivity index (χ0n) is 11.8. The molecule has 1 aromatic carbocycles. The average Bonchev–Trinajstić information content (AvgIpc) is 2.48. The van der Waals surface area contributed by atoms with E-state index in [1.807, 2.05) is 0 Å². The van der Waals surface area contributed by atoms with Gasteiger partial charge in [-0.3, -0.25) is 19.7 Å². The van der Waals surface area contributed by atoms with Crippen molar-refractivity contribution in [2.45, 2.75) is 0 Å². The van der Waals surface area contributed by atoms with Crippen LogP contribution in [0.2, 0.25) is 0 Å². The summed E-state index contributed by atoms with van der Waals surface area (Å²) >= 11 is 0. The van der Waals surface area contributed by atoms with Gasteiger partial charge >= 0.3 is 0 Å². The molecule has 0 saturated carbocycles. The van der Waals surface area contributed by atoms with Crippen LogP contribution in [0.1, 0.15) is 0 Å². The van der Waals surface area contributed by atoms with Crippen LogP contribution in [0.4, 0.5) is 5.69 Å². The fourth-order valence-corrected chi connectivity index (χ4v) is 2.00. The summed E-state index contributed by atoms with van der Waals surface area (Å²) in [6.07, 6.45) is 0. The number of fused-ring (bicyclic) bond motifs is 1. The number of nitrogens with zero attached hydrogens (tertiary/aromatic N) is 2. The summed E-state index contributed by atoms with van der Waals surface area (Å²) in [6.45, 7) is -0.363. The van der Waals surface area contributed by atoms with Crippen molar-refractivity contribution in [1.82, 2.24) is 9.88 Å². The summed E-state index contributed by atoms with van der Waals surface area (Å²) in [5.41, 5.74) is -0.746. The van der Waals surface area contributed by atoms with Gasteiger partial charge in [-0.1, -0.05) is 0 Å². The quantitative estimate of drug-likeness (QED) is 0.617. The number of phenols is 1. The number of nitrogens with one attached hydrogen (secondary N) is 1. The van der Waals surface area contributed by atoms with Crippen molar-refractivity contribution in [3.63, 3.8) is 0 Å². The van der Waals surface area contributed by atoms with Gasteiger partial charge in [0, 0.05) is 25.5 Å². The number of hydrogen-bond donors (Lipinski definition) is 2. The number of pyridine rings is 1. The number of hydrogen-bond acceptors (Lipinski definition) is 6. The molecule has 2 N–H and O–H groups in total. The molecule has 22 heavy (non-hydrogen) atoms. The number of nitro benzene ring substituents is 1. The summed E-state index contributed by atoms with van der Waals surface area (Å²) in [7, 11) is 2.81. The first-order valence-electron chi connectivity index (χ1n) is 6.19. The van der Waals surface area contributed by atoms with Crippen molar-refractivity contribution in [3.8, 4) is 11.5 Å². The molecule has 0 unspecified atom stereocenters. The number of non-ortho nitro benzene ring substituents is 1. The van der Waals surface area contributed by atoms with Crippen molar-refractivity contribution < 1.29 is 19.6 Å². The number of nitro groups is 1. The van der Waals surface area contributed by atoms with Gasteiger partial charge in [-0.25, -0.2) is 0 Å². The van der Waals surface area contributed by atoms with Crippen molar-refractivity contribution in [2.24, 2.45) is 7.05 Å². The largest absolute Gasteiger partial charge is 0.505 e. The predicted molar refractivity (Wildman–Crippen MR) is 77.1 cm³/mol. The first kappa shape index (κ1) is 15.3. The van der Waals surface area contributed by atoms with Crippen LogP contribution in [0.15, 0.2) is 23.0 Å². The molecule has 0 aliphatic heterocycles. The zero-order valence-corrected chi connectivity index (χ0v) is 11.8. The Morgan fingerprint density at radius 2 is 2.14 bits per heavy atom. The average molecular weight is 307 g/mol. The third-order valence-corrected chi connectivity index (χ3v) is 3.09. The highest BCUT2D eigenvalue weighted by atomic mass is 16.6. The molecular weight excluding hydrogens is 294 g/mol. The Kier molecular flexibility index (Phi) is 3.97. The standard InChI is InChI=1S/C13H13N3O6/c1-14-11(18)6-22-10-4-7-3-8(16(20)21)5-9(17)12(7)15(2)13(10)19/h3-5,17H,6H2,1-2H3,(H,14,18). The van der Waals surface area contributed by atoms with E-state index in [2.05, 4.69) is 5.32 Å². The molecule has 0 aliphatic carbocycles. The van der Waals surface area contributed by atoms with Crippen molar-refractivity contribution in [3.05, 3.63) is 38.7 Å². The first-order chi connectivity index (χ1) is 10.3. The number of aromatic hydroxyl groups is 1. The lowest BCUT2D eigenvalue weighted by Gasteiger charge is -2.11. The molecule has 0 bridgehead atoms. The molecule has 1 amide bonds. The lowest BCUT2D eigenvalue weighted by Crippen LogP contribution is -2.27. The van der Waals surface area contributed by atoms with Crippen LogP contribution in [-0.2, 0) is 11.8 Å². The highest BCUT2D eigenvalue weighted by Gasteiger charge is 2.16. The Morgan fingerprint density at radius 1 is 1.45 bits per heavy atom. The van der Waals surface area contributed by atoms with E-state index >= 15 is 0 Å². The lowest BCUT2D eigenvalue weighted by atomic mass is 10.1. The van der Waals surface area contributed by atoms with Crippen molar-refractivity contribution >= 4 is 22.5 Å². The van der Waals surface area contributed by atoms with Crippen LogP contribution in [0.3, 0.4) is 0 Å². The third kappa shape index (κ3) is 2.68. The van der Waals surface area contributed by atoms with E-state index in [0.29, 0.717) is 0 Å². The zero-order chi connectivity index (χ0) is 16.4. The van der Waals surface area contributed by atoms with Crippen molar-refractivity contribution in [2.75, 3.05) is 13.7 Å². The smallest absolute Gasteiger partial charge is 0.293 e. The summed E-state index contributed by atoms with van der Waals surface area (Å²) in [4.78, 5) is 33.5. The van der Waals surface area contributed by atoms with Crippen LogP contribution in [-0.4, -0.2) is 34.2 Å². The maximum absolute atomic E-state index is 12.1. The maximum Gasteiger partial charge on any atom is 0.293 e. The Hall–Kier alpha value is -3.10. The second kappa shape index (κ2) is 5.72. The number of aryl methyl sites for hydroxylation is 1. The van der Waals surface area contributed by atoms with E-state index in [0.717, 1.165) is 10.6 Å². The van der Waals surface area contributed by atoms with Crippen molar-refractivity contribution in [1.29, 1.82) is 0 Å². The van der Waals surface area contributed by atoms with Gasteiger partial charge < -0.3 is 19.7 Å². The van der Waals surface area contributed by atoms with Crippen LogP contribution >= 0.6 is 0 Å². The highest BCUT2D eigenvalue weighted by molar-refractivity contribution is 5.88. The van der Waals surface area contributed by atoms with E-state index in [-0.39, 0.29) is 34.7 Å². The molecule has 1 aromatic heterocycles. The maximum atomic E-state index is 12.1. The van der Waals surface area contributed by atoms with E-state index < -0.39 is 16.4 Å². The number of likely N-dealkylation sites (N-methyl/N-ethyl adjacent to an activating group) is 1. The molecule has 0 atom stereocenters. The van der Waals surface area contributed by atoms with Gasteiger partial charge in [0.1, 0.15) is 5.75 Å². The third-order valence-electron chi connectivity index (χ3n) is 3.09. The number of benzene rings is 1. The topological polar surface area (TPSA) is 124 Å². The van der Waals surface area contributed by atoms with Crippen LogP contribution < -0.4 is 15.6 Å². The predicted octanol–water partition coefficient (Wildman–Crippen LogP) is 0.277. The minimum Gasteiger partial charge on any atom is -0.505 e. The Balaban J connectivity index is 2.60. The number of aromatic nitrogens is 1. The molecule has 2 aromatic rings. The summed E-state index contributed by atoms with van der Waals surface area (Å²) in [5.74, 6) is -0.954. The Morgan fingerprint density at radius 3 is 2.73 bits per heavy atom. The van der Waals surface area contributed by atoms with Crippen LogP contribution in [0.25, 0.3) is 10.9 Å². The number of carbonyl (C=O) groups is 1. The fourth-order valence-electron chi connectivity index (χ4n) is 2.00. The Bertz CT molecular complexity index is 827. The molecule has 9 nitrogen and oxygen atoms in total. The van der Waals surface area contributed by atoms with Crippen LogP contribution in [0, 0.1) is 10.1 Å². The highest BCUT2D eigenvalue weighted by Crippen LogP contribution is 2.30. The van der Waals surface area contributed by atoms with E-state index in [1.165, 1.54) is 26.2 Å². The monoisotopic (exact) mass is 307 g/mol. The lowest BCUT2D eigenvalue weighted by molar-refractivity contribution is -0.384. The number of rotatable bonds is 4. The molecule has 2 rings (SSSR count). The second-order valence-electron chi connectivity index (χ2n) is 4.49. The fraction of sp³-hybridized carbons (Fsp3) is 0.231. The molecule has 0 radical (unpaired) electrons. The molecular formula is C13H13N3O6. The minimum absolute atomic E-state index is 0.140. The molecule has 0 saturated heterocycles. The number of phenolic OH excluding ortho intramolecular Hbond substituents is 1. The summed E-state index contributed by atoms with van der Waals surface area (Å²) in [6, 6.07) is 3.43. The number of carbonyl (C=O) groups excluding carboxylic acids is 1. The van der Waals surface area contributed by atoms with E-state index in [1.54, 1.807) is 0 Å². The van der Waals surface area contributed by atoms with Gasteiger partial charge in [0.15, 0.2) is 12.4 Å². The van der Waals surface area contributed by atoms with Gasteiger partial charge in [-0.05, 0) is 6.07 Å². The summed E-state index contributed by atoms with van der Waals surface area (Å²) in [5, 5.41) is 23.3. The first-order valence-corrected chi connectivity index (χ1v) is 6.19. The molecule has 116 valence electrons. The van der Waals surface area contributed by atoms with E-state index in [9.17, 15) is 24.8 Å². The van der Waals surface area contributed by atoms with Crippen LogP contribution in [0.5, 0.6) is 11.5 Å². The molecule has 9 heteroatoms. The normalized spacial score (nSPS) is 10.5. The number of amides is 1. The Labute approximate surface area is 123 Å². The minimum atomic E-state index is -0.657. The second-order valence-corrected chi connectivity index (χ2v) is 4.49. The van der Waals surface area contributed by atoms with Gasteiger partial charge in [0.25, 0.3) is 17.2 Å². The van der Waals surface area contributed by atoms with Gasteiger partial charge in [0.2, 0.25) is 0 Å². The molecule has 0 aliphatic rings. The SMILES string of the molecule is CNC(=O)COc1cc2cc([N+](=O)[O-])cc(O)c2n(C)c1=O. The van der Waals surface area contributed by atoms with Gasteiger partial charge in [-0.2, -0.15) is 0 Å². The molecule has 0 spiro atoms. The van der Waals surface area contributed by atoms with Gasteiger partial charge in [0.05, 0.1) is 16.5 Å². The molecule has 1 heterocycles. The van der Waals surface area contributed by atoms with Gasteiger partial charge in [-0.15, -0.1) is 0 Å².